The molecule has 0 radical (unpaired) electrons. The van der Waals surface area contributed by atoms with Gasteiger partial charge in [-0.15, -0.1) is 0 Å². The Balaban J connectivity index is 1.17. The molecule has 2 saturated heterocycles. The molecule has 14 heteroatoms. The van der Waals surface area contributed by atoms with E-state index in [0.29, 0.717) is 17.6 Å². The van der Waals surface area contributed by atoms with Crippen LogP contribution < -0.4 is 14.8 Å². The molecule has 1 amide bonds. The molecule has 2 aliphatic heterocycles. The molecule has 250 valence electrons. The van der Waals surface area contributed by atoms with Crippen molar-refractivity contribution in [2.75, 3.05) is 13.4 Å². The summed E-state index contributed by atoms with van der Waals surface area (Å²) in [5.41, 5.74) is 1.13. The van der Waals surface area contributed by atoms with Gasteiger partial charge < -0.3 is 49.4 Å². The van der Waals surface area contributed by atoms with E-state index in [1.807, 2.05) is 6.92 Å². The molecule has 3 aliphatic rings. The summed E-state index contributed by atoms with van der Waals surface area (Å²) < 4.78 is 69.1. The van der Waals surface area contributed by atoms with E-state index in [1.54, 1.807) is 6.08 Å². The summed E-state index contributed by atoms with van der Waals surface area (Å²) in [4.78, 5) is 12.8. The number of carbonyl (C=O) groups is 1. The number of hydrogen-bond acceptors (Lipinski definition) is 10. The summed E-state index contributed by atoms with van der Waals surface area (Å²) in [5, 5.41) is 44.4. The smallest absolute Gasteiger partial charge is 0.247 e. The third-order valence-corrected chi connectivity index (χ3v) is 8.20. The van der Waals surface area contributed by atoms with E-state index in [0.717, 1.165) is 18.2 Å². The van der Waals surface area contributed by atoms with E-state index in [2.05, 4.69) is 5.32 Å². The molecule has 2 aromatic rings. The Morgan fingerprint density at radius 3 is 2.41 bits per heavy atom. The molecule has 5 rings (SSSR count). The number of halogens is 3. The number of aliphatic hydroxyl groups excluding tert-OH is 4. The standard InChI is InChI=1S/C32H36F3NO10/c1-3-17(8-9-42-18-5-6-19(33)20(34)12-18)29-22(37)13-24(46-29)45-23-7-4-16(11-21(23)35)10-15(2)32(41)36-25-26(38)28(40)31-30(27(25)39)43-14-44-31/h4-8,10-12,22,24-31,37-40H,3,9,13-14H2,1-2H3,(H,36,41)/t22-,24+,25+,26-,27+,28+,29+,30-,31+/m0/s1. The zero-order valence-corrected chi connectivity index (χ0v) is 25.0. The highest BCUT2D eigenvalue weighted by Crippen LogP contribution is 2.32. The van der Waals surface area contributed by atoms with Crippen LogP contribution in [0.25, 0.3) is 6.08 Å². The Labute approximate surface area is 262 Å². The predicted octanol–water partition coefficient (Wildman–Crippen LogP) is 2.10. The minimum absolute atomic E-state index is 0.0154. The molecular formula is C32H36F3NO10. The fraction of sp³-hybridized carbons (Fsp3) is 0.469. The molecule has 0 spiro atoms. The first-order valence-corrected chi connectivity index (χ1v) is 14.8. The van der Waals surface area contributed by atoms with Crippen molar-refractivity contribution < 1.29 is 62.1 Å². The molecule has 5 N–H and O–H groups in total. The Morgan fingerprint density at radius 2 is 1.72 bits per heavy atom. The largest absolute Gasteiger partial charge is 0.489 e. The molecule has 11 nitrogen and oxygen atoms in total. The van der Waals surface area contributed by atoms with Crippen molar-refractivity contribution in [3.05, 3.63) is 76.6 Å². The fourth-order valence-electron chi connectivity index (χ4n) is 5.69. The second kappa shape index (κ2) is 14.5. The number of aliphatic hydroxyl groups is 4. The van der Waals surface area contributed by atoms with Crippen LogP contribution in [0.1, 0.15) is 32.3 Å². The monoisotopic (exact) mass is 651 g/mol. The van der Waals surface area contributed by atoms with E-state index in [4.69, 9.17) is 23.7 Å². The van der Waals surface area contributed by atoms with Crippen LogP contribution in [0.15, 0.2) is 53.6 Å². The molecular weight excluding hydrogens is 615 g/mol. The number of fused-ring (bicyclic) bond motifs is 1. The third kappa shape index (κ3) is 7.39. The average molecular weight is 652 g/mol. The van der Waals surface area contributed by atoms with Gasteiger partial charge in [-0.25, -0.2) is 13.2 Å². The Bertz CT molecular complexity index is 1470. The summed E-state index contributed by atoms with van der Waals surface area (Å²) in [7, 11) is 0. The zero-order chi connectivity index (χ0) is 33.1. The summed E-state index contributed by atoms with van der Waals surface area (Å²) in [5.74, 6) is -3.44. The van der Waals surface area contributed by atoms with Crippen LogP contribution >= 0.6 is 0 Å². The molecule has 2 heterocycles. The third-order valence-electron chi connectivity index (χ3n) is 8.20. The zero-order valence-electron chi connectivity index (χ0n) is 25.0. The Hall–Kier alpha value is -3.50. The van der Waals surface area contributed by atoms with Gasteiger partial charge in [-0.3, -0.25) is 4.79 Å². The molecule has 3 fully saturated rings. The van der Waals surface area contributed by atoms with Gasteiger partial charge in [0.1, 0.15) is 55.8 Å². The number of carbonyl (C=O) groups excluding carboxylic acids is 1. The van der Waals surface area contributed by atoms with Gasteiger partial charge in [0.05, 0.1) is 12.1 Å². The quantitative estimate of drug-likeness (QED) is 0.191. The van der Waals surface area contributed by atoms with E-state index in [-0.39, 0.29) is 36.9 Å². The SMILES string of the molecule is CCC(=CCOc1ccc(F)c(F)c1)[C@H]1O[C@@H](Oc2ccc(C=C(C)C(=O)N[C@@H]3[C@H](O)[C@@H](O)[C@H]4OCO[C@H]4[C@@H]3O)cc2F)C[C@@H]1O. The molecule has 1 aliphatic carbocycles. The second-order valence-corrected chi connectivity index (χ2v) is 11.3. The summed E-state index contributed by atoms with van der Waals surface area (Å²) in [6, 6.07) is 5.95. The van der Waals surface area contributed by atoms with Crippen molar-refractivity contribution in [2.45, 2.75) is 81.7 Å². The topological polar surface area (TPSA) is 156 Å². The highest BCUT2D eigenvalue weighted by Gasteiger charge is 2.53. The van der Waals surface area contributed by atoms with Crippen LogP contribution in [0.3, 0.4) is 0 Å². The second-order valence-electron chi connectivity index (χ2n) is 11.3. The van der Waals surface area contributed by atoms with E-state index in [9.17, 15) is 34.0 Å². The minimum atomic E-state index is -1.51. The molecule has 1 saturated carbocycles. The van der Waals surface area contributed by atoms with E-state index < -0.39 is 78.4 Å². The number of benzene rings is 2. The number of rotatable bonds is 10. The lowest BCUT2D eigenvalue weighted by atomic mass is 9.83. The number of amides is 1. The highest BCUT2D eigenvalue weighted by atomic mass is 19.2. The number of ether oxygens (including phenoxy) is 5. The fourth-order valence-corrected chi connectivity index (χ4v) is 5.69. The van der Waals surface area contributed by atoms with Crippen LogP contribution in [-0.4, -0.2) is 94.8 Å². The van der Waals surface area contributed by atoms with Crippen molar-refractivity contribution >= 4 is 12.0 Å². The first kappa shape index (κ1) is 33.9. The van der Waals surface area contributed by atoms with Gasteiger partial charge in [-0.1, -0.05) is 13.0 Å². The van der Waals surface area contributed by atoms with Crippen LogP contribution in [-0.2, 0) is 19.0 Å². The van der Waals surface area contributed by atoms with Crippen molar-refractivity contribution in [2.24, 2.45) is 0 Å². The lowest BCUT2D eigenvalue weighted by Gasteiger charge is -2.41. The Morgan fingerprint density at radius 1 is 0.978 bits per heavy atom. The van der Waals surface area contributed by atoms with Gasteiger partial charge in [-0.05, 0) is 60.9 Å². The maximum absolute atomic E-state index is 15.0. The molecule has 0 aromatic heterocycles. The maximum atomic E-state index is 15.0. The van der Waals surface area contributed by atoms with Gasteiger partial charge in [0, 0.05) is 18.1 Å². The van der Waals surface area contributed by atoms with Gasteiger partial charge in [0.15, 0.2) is 23.2 Å². The molecule has 2 aromatic carbocycles. The number of hydrogen-bond donors (Lipinski definition) is 5. The molecule has 0 bridgehead atoms. The molecule has 46 heavy (non-hydrogen) atoms. The summed E-state index contributed by atoms with van der Waals surface area (Å²) in [6.45, 7) is 3.16. The van der Waals surface area contributed by atoms with Crippen molar-refractivity contribution in [1.82, 2.24) is 5.32 Å². The van der Waals surface area contributed by atoms with E-state index >= 15 is 4.39 Å². The lowest BCUT2D eigenvalue weighted by Crippen LogP contribution is -2.67. The Kier molecular flexibility index (Phi) is 10.7. The molecule has 9 atom stereocenters. The average Bonchev–Trinajstić information content (AvgIpc) is 3.66. The van der Waals surface area contributed by atoms with Gasteiger partial charge in [0.25, 0.3) is 0 Å². The maximum Gasteiger partial charge on any atom is 0.247 e. The first-order chi connectivity index (χ1) is 22.0. The van der Waals surface area contributed by atoms with Crippen LogP contribution in [0.4, 0.5) is 13.2 Å². The van der Waals surface area contributed by atoms with Crippen LogP contribution in [0.2, 0.25) is 0 Å². The van der Waals surface area contributed by atoms with Crippen molar-refractivity contribution in [3.8, 4) is 11.5 Å². The highest BCUT2D eigenvalue weighted by molar-refractivity contribution is 5.97. The lowest BCUT2D eigenvalue weighted by molar-refractivity contribution is -0.155. The normalized spacial score (nSPS) is 31.5. The van der Waals surface area contributed by atoms with Gasteiger partial charge in [-0.2, -0.15) is 0 Å². The van der Waals surface area contributed by atoms with Crippen molar-refractivity contribution in [3.63, 3.8) is 0 Å². The van der Waals surface area contributed by atoms with Gasteiger partial charge >= 0.3 is 0 Å². The van der Waals surface area contributed by atoms with Gasteiger partial charge in [0.2, 0.25) is 12.2 Å². The first-order valence-electron chi connectivity index (χ1n) is 14.8. The van der Waals surface area contributed by atoms with Crippen LogP contribution in [0.5, 0.6) is 11.5 Å². The number of nitrogens with one attached hydrogen (secondary N) is 1. The predicted molar refractivity (Wildman–Crippen MR) is 155 cm³/mol. The van der Waals surface area contributed by atoms with Crippen molar-refractivity contribution in [1.29, 1.82) is 0 Å². The minimum Gasteiger partial charge on any atom is -0.489 e. The summed E-state index contributed by atoms with van der Waals surface area (Å²) >= 11 is 0. The van der Waals surface area contributed by atoms with E-state index in [1.165, 1.54) is 31.2 Å². The summed E-state index contributed by atoms with van der Waals surface area (Å²) in [6.07, 6.45) is -5.15. The van der Waals surface area contributed by atoms with Crippen LogP contribution in [0, 0.1) is 17.5 Å². The molecule has 0 unspecified atom stereocenters.